The monoisotopic (exact) mass is 230 g/mol. The van der Waals surface area contributed by atoms with E-state index in [0.717, 1.165) is 4.90 Å². The van der Waals surface area contributed by atoms with Gasteiger partial charge in [0.1, 0.15) is 0 Å². The number of hydrogen-bond acceptors (Lipinski definition) is 4. The Morgan fingerprint density at radius 3 is 2.19 bits per heavy atom. The van der Waals surface area contributed by atoms with Crippen molar-refractivity contribution in [2.45, 2.75) is 0 Å². The Labute approximate surface area is 95.2 Å². The molecular formula is C11H6N2O2S. The van der Waals surface area contributed by atoms with Crippen LogP contribution in [0.2, 0.25) is 0 Å². The summed E-state index contributed by atoms with van der Waals surface area (Å²) in [5.74, 6) is -0.592. The maximum atomic E-state index is 12.0. The van der Waals surface area contributed by atoms with Gasteiger partial charge in [-0.15, -0.1) is 11.3 Å². The third kappa shape index (κ3) is 1.12. The predicted octanol–water partition coefficient (Wildman–Crippen LogP) is 1.94. The van der Waals surface area contributed by atoms with Crippen LogP contribution in [0.15, 0.2) is 35.8 Å². The molecule has 5 heteroatoms. The number of nitrogens with zero attached hydrogens (tertiary/aromatic N) is 2. The molecule has 0 N–H and O–H groups in total. The minimum atomic E-state index is -0.296. The highest BCUT2D eigenvalue weighted by molar-refractivity contribution is 7.14. The summed E-state index contributed by atoms with van der Waals surface area (Å²) >= 11 is 1.27. The normalized spacial score (nSPS) is 14.4. The van der Waals surface area contributed by atoms with Gasteiger partial charge in [0.05, 0.1) is 11.1 Å². The molecule has 4 nitrogen and oxygen atoms in total. The smallest absolute Gasteiger partial charge is 0.268 e. The van der Waals surface area contributed by atoms with E-state index >= 15 is 0 Å². The molecule has 0 bridgehead atoms. The number of benzene rings is 1. The Hall–Kier alpha value is -2.01. The van der Waals surface area contributed by atoms with Crippen LogP contribution in [0.1, 0.15) is 20.7 Å². The molecule has 0 saturated carbocycles. The molecule has 3 rings (SSSR count). The van der Waals surface area contributed by atoms with Crippen LogP contribution in [0.25, 0.3) is 0 Å². The van der Waals surface area contributed by atoms with Gasteiger partial charge in [0.2, 0.25) is 0 Å². The van der Waals surface area contributed by atoms with Crippen LogP contribution in [0.3, 0.4) is 0 Å². The SMILES string of the molecule is O=C1c2ccccc2C(=O)N1c1nccs1. The number of fused-ring (bicyclic) bond motifs is 1. The fourth-order valence-corrected chi connectivity index (χ4v) is 2.33. The van der Waals surface area contributed by atoms with Crippen LogP contribution >= 0.6 is 11.3 Å². The molecule has 16 heavy (non-hydrogen) atoms. The standard InChI is InChI=1S/C11H6N2O2S/c14-9-7-3-1-2-4-8(7)10(15)13(9)11-12-5-6-16-11/h1-6H. The third-order valence-electron chi connectivity index (χ3n) is 2.40. The van der Waals surface area contributed by atoms with Crippen molar-refractivity contribution in [1.29, 1.82) is 0 Å². The van der Waals surface area contributed by atoms with E-state index in [2.05, 4.69) is 4.98 Å². The Bertz CT molecular complexity index is 542. The van der Waals surface area contributed by atoms with Crippen LogP contribution in [0.4, 0.5) is 5.13 Å². The summed E-state index contributed by atoms with van der Waals surface area (Å²) in [6, 6.07) is 6.80. The lowest BCUT2D eigenvalue weighted by molar-refractivity contribution is 0.0926. The first kappa shape index (κ1) is 9.23. The van der Waals surface area contributed by atoms with Crippen molar-refractivity contribution < 1.29 is 9.59 Å². The van der Waals surface area contributed by atoms with Crippen molar-refractivity contribution in [2.24, 2.45) is 0 Å². The summed E-state index contributed by atoms with van der Waals surface area (Å²) in [6.45, 7) is 0. The number of carbonyl (C=O) groups is 2. The van der Waals surface area contributed by atoms with Crippen molar-refractivity contribution in [1.82, 2.24) is 4.98 Å². The van der Waals surface area contributed by atoms with E-state index in [9.17, 15) is 9.59 Å². The van der Waals surface area contributed by atoms with E-state index in [0.29, 0.717) is 16.3 Å². The van der Waals surface area contributed by atoms with Gasteiger partial charge in [-0.25, -0.2) is 9.88 Å². The van der Waals surface area contributed by atoms with Crippen LogP contribution < -0.4 is 4.90 Å². The molecule has 0 radical (unpaired) electrons. The minimum Gasteiger partial charge on any atom is -0.268 e. The fraction of sp³-hybridized carbons (Fsp3) is 0. The Kier molecular flexibility index (Phi) is 1.87. The molecule has 1 aliphatic heterocycles. The lowest BCUT2D eigenvalue weighted by atomic mass is 10.1. The van der Waals surface area contributed by atoms with Crippen molar-refractivity contribution in [3.05, 3.63) is 47.0 Å². The van der Waals surface area contributed by atoms with Crippen molar-refractivity contribution in [3.8, 4) is 0 Å². The molecule has 2 aromatic rings. The molecule has 0 spiro atoms. The van der Waals surface area contributed by atoms with Gasteiger partial charge >= 0.3 is 0 Å². The zero-order valence-electron chi connectivity index (χ0n) is 8.08. The summed E-state index contributed by atoms with van der Waals surface area (Å²) in [5, 5.41) is 2.16. The molecule has 0 saturated heterocycles. The maximum Gasteiger partial charge on any atom is 0.268 e. The summed E-state index contributed by atoms with van der Waals surface area (Å²) in [6.07, 6.45) is 1.57. The molecule has 0 fully saturated rings. The second-order valence-electron chi connectivity index (χ2n) is 3.31. The first-order chi connectivity index (χ1) is 7.79. The number of thiazole rings is 1. The maximum absolute atomic E-state index is 12.0. The number of hydrogen-bond donors (Lipinski definition) is 0. The Morgan fingerprint density at radius 2 is 1.69 bits per heavy atom. The summed E-state index contributed by atoms with van der Waals surface area (Å²) < 4.78 is 0. The lowest BCUT2D eigenvalue weighted by Gasteiger charge is -2.08. The van der Waals surface area contributed by atoms with Crippen molar-refractivity contribution in [2.75, 3.05) is 4.90 Å². The molecule has 0 atom stereocenters. The highest BCUT2D eigenvalue weighted by Crippen LogP contribution is 2.29. The average molecular weight is 230 g/mol. The van der Waals surface area contributed by atoms with Gasteiger partial charge in [0.15, 0.2) is 5.13 Å². The zero-order valence-corrected chi connectivity index (χ0v) is 8.90. The number of anilines is 1. The fourth-order valence-electron chi connectivity index (χ4n) is 1.69. The molecule has 1 aromatic heterocycles. The van der Waals surface area contributed by atoms with Crippen LogP contribution in [-0.4, -0.2) is 16.8 Å². The predicted molar refractivity (Wildman–Crippen MR) is 59.7 cm³/mol. The second kappa shape index (κ2) is 3.24. The van der Waals surface area contributed by atoms with Crippen LogP contribution in [0, 0.1) is 0 Å². The Balaban J connectivity index is 2.15. The number of imide groups is 1. The third-order valence-corrected chi connectivity index (χ3v) is 3.16. The lowest BCUT2D eigenvalue weighted by Crippen LogP contribution is -2.29. The molecule has 2 amide bonds. The van der Waals surface area contributed by atoms with Gasteiger partial charge < -0.3 is 0 Å². The van der Waals surface area contributed by atoms with Gasteiger partial charge in [-0.3, -0.25) is 9.59 Å². The first-order valence-electron chi connectivity index (χ1n) is 4.66. The molecule has 78 valence electrons. The zero-order chi connectivity index (χ0) is 11.1. The largest absolute Gasteiger partial charge is 0.268 e. The number of rotatable bonds is 1. The van der Waals surface area contributed by atoms with Crippen LogP contribution in [0.5, 0.6) is 0 Å². The van der Waals surface area contributed by atoms with Gasteiger partial charge in [-0.1, -0.05) is 12.1 Å². The van der Waals surface area contributed by atoms with E-state index in [1.54, 1.807) is 35.8 Å². The quantitative estimate of drug-likeness (QED) is 0.703. The number of carbonyl (C=O) groups excluding carboxylic acids is 2. The van der Waals surface area contributed by atoms with Gasteiger partial charge in [-0.2, -0.15) is 0 Å². The first-order valence-corrected chi connectivity index (χ1v) is 5.54. The summed E-state index contributed by atoms with van der Waals surface area (Å²) in [5.41, 5.74) is 0.894. The molecule has 1 aromatic carbocycles. The highest BCUT2D eigenvalue weighted by Gasteiger charge is 2.37. The topological polar surface area (TPSA) is 50.3 Å². The minimum absolute atomic E-state index is 0.296. The van der Waals surface area contributed by atoms with Gasteiger partial charge in [0, 0.05) is 11.6 Å². The summed E-state index contributed by atoms with van der Waals surface area (Å²) in [4.78, 5) is 29.1. The highest BCUT2D eigenvalue weighted by atomic mass is 32.1. The van der Waals surface area contributed by atoms with Gasteiger partial charge in [-0.05, 0) is 12.1 Å². The van der Waals surface area contributed by atoms with E-state index in [1.807, 2.05) is 0 Å². The molecule has 0 aliphatic carbocycles. The van der Waals surface area contributed by atoms with Crippen LogP contribution in [-0.2, 0) is 0 Å². The second-order valence-corrected chi connectivity index (χ2v) is 4.18. The molecule has 1 aliphatic rings. The summed E-state index contributed by atoms with van der Waals surface area (Å²) in [7, 11) is 0. The molecule has 0 unspecified atom stereocenters. The number of aromatic nitrogens is 1. The number of amides is 2. The molecular weight excluding hydrogens is 224 g/mol. The van der Waals surface area contributed by atoms with Crippen molar-refractivity contribution in [3.63, 3.8) is 0 Å². The average Bonchev–Trinajstić information content (AvgIpc) is 2.89. The van der Waals surface area contributed by atoms with E-state index in [-0.39, 0.29) is 11.8 Å². The van der Waals surface area contributed by atoms with E-state index in [4.69, 9.17) is 0 Å². The van der Waals surface area contributed by atoms with E-state index in [1.165, 1.54) is 11.3 Å². The Morgan fingerprint density at radius 1 is 1.06 bits per heavy atom. The van der Waals surface area contributed by atoms with Gasteiger partial charge in [0.25, 0.3) is 11.8 Å². The van der Waals surface area contributed by atoms with E-state index < -0.39 is 0 Å². The molecule has 2 heterocycles. The van der Waals surface area contributed by atoms with Crippen molar-refractivity contribution >= 4 is 28.3 Å².